The Morgan fingerprint density at radius 2 is 2.27 bits per heavy atom. The normalized spacial score (nSPS) is 19.4. The second-order valence-corrected chi connectivity index (χ2v) is 8.05. The summed E-state index contributed by atoms with van der Waals surface area (Å²) in [5.41, 5.74) is 4.08. The van der Waals surface area contributed by atoms with Crippen molar-refractivity contribution < 1.29 is 19.2 Å². The van der Waals surface area contributed by atoms with E-state index >= 15 is 0 Å². The summed E-state index contributed by atoms with van der Waals surface area (Å²) < 4.78 is 12.6. The van der Waals surface area contributed by atoms with Gasteiger partial charge in [-0.3, -0.25) is 4.68 Å². The quantitative estimate of drug-likeness (QED) is 0.836. The number of hydrogen-bond donors (Lipinski definition) is 1. The summed E-state index contributed by atoms with van der Waals surface area (Å²) in [4.78, 5) is 14.2. The Morgan fingerprint density at radius 1 is 1.46 bits per heavy atom. The van der Waals surface area contributed by atoms with Gasteiger partial charge in [0.25, 0.3) is 0 Å². The summed E-state index contributed by atoms with van der Waals surface area (Å²) in [5, 5.41) is 18.6. The summed E-state index contributed by atoms with van der Waals surface area (Å²) in [7, 11) is 0. The van der Waals surface area contributed by atoms with Crippen molar-refractivity contribution in [3.8, 4) is 11.4 Å². The van der Waals surface area contributed by atoms with Gasteiger partial charge in [0.1, 0.15) is 17.6 Å². The molecule has 2 aromatic rings. The Morgan fingerprint density at radius 3 is 3.00 bits per heavy atom. The number of aliphatic hydroxyl groups is 1. The van der Waals surface area contributed by atoms with Crippen LogP contribution in [0.3, 0.4) is 0 Å². The largest absolute Gasteiger partial charge is 0.444 e. The van der Waals surface area contributed by atoms with Crippen molar-refractivity contribution in [2.24, 2.45) is 5.92 Å². The molecule has 2 aliphatic rings. The maximum absolute atomic E-state index is 12.5. The third-order valence-electron chi connectivity index (χ3n) is 4.82. The minimum Gasteiger partial charge on any atom is -0.444 e. The molecular weight excluding hydrogens is 336 g/mol. The van der Waals surface area contributed by atoms with Gasteiger partial charge in [-0.15, -0.1) is 0 Å². The lowest BCUT2D eigenvalue weighted by atomic mass is 9.99. The first kappa shape index (κ1) is 17.1. The Hall–Kier alpha value is -2.35. The van der Waals surface area contributed by atoms with E-state index in [1.54, 1.807) is 11.2 Å². The Balaban J connectivity index is 1.70. The minimum atomic E-state index is -0.527. The zero-order valence-electron chi connectivity index (χ0n) is 15.4. The number of aromatic nitrogens is 3. The molecule has 0 saturated heterocycles. The van der Waals surface area contributed by atoms with E-state index in [0.717, 1.165) is 28.2 Å². The molecule has 1 N–H and O–H groups in total. The lowest BCUT2D eigenvalue weighted by molar-refractivity contribution is 0.0224. The number of ether oxygens (including phenoxy) is 1. The highest BCUT2D eigenvalue weighted by Crippen LogP contribution is 2.36. The molecule has 26 heavy (non-hydrogen) atoms. The number of carbonyl (C=O) groups excluding carboxylic acids is 1. The van der Waals surface area contributed by atoms with Gasteiger partial charge in [0.2, 0.25) is 0 Å². The van der Waals surface area contributed by atoms with E-state index in [0.29, 0.717) is 32.5 Å². The molecule has 2 aromatic heterocycles. The van der Waals surface area contributed by atoms with Gasteiger partial charge in [0.05, 0.1) is 17.9 Å². The van der Waals surface area contributed by atoms with Crippen LogP contribution in [0.25, 0.3) is 11.4 Å². The Bertz CT molecular complexity index is 833. The van der Waals surface area contributed by atoms with Crippen LogP contribution in [0.5, 0.6) is 0 Å². The van der Waals surface area contributed by atoms with Gasteiger partial charge in [0.15, 0.2) is 0 Å². The van der Waals surface area contributed by atoms with Crippen molar-refractivity contribution in [1.29, 1.82) is 0 Å². The molecule has 4 rings (SSSR count). The average Bonchev–Trinajstić information content (AvgIpc) is 3.12. The molecule has 1 amide bonds. The molecule has 0 aliphatic carbocycles. The van der Waals surface area contributed by atoms with Crippen LogP contribution in [0.15, 0.2) is 10.8 Å². The molecule has 0 bridgehead atoms. The highest BCUT2D eigenvalue weighted by molar-refractivity contribution is 5.71. The molecule has 2 aliphatic heterocycles. The fraction of sp³-hybridized carbons (Fsp3) is 0.611. The number of nitrogens with zero attached hydrogens (tertiary/aromatic N) is 4. The van der Waals surface area contributed by atoms with Crippen molar-refractivity contribution in [2.45, 2.75) is 52.3 Å². The smallest absolute Gasteiger partial charge is 0.410 e. The molecule has 0 saturated carbocycles. The lowest BCUT2D eigenvalue weighted by Gasteiger charge is -2.29. The van der Waals surface area contributed by atoms with Crippen LogP contribution in [0.1, 0.15) is 37.6 Å². The molecule has 0 fully saturated rings. The number of fused-ring (bicyclic) bond motifs is 5. The van der Waals surface area contributed by atoms with Gasteiger partial charge in [-0.25, -0.2) is 4.79 Å². The number of aliphatic hydroxyl groups excluding tert-OH is 1. The van der Waals surface area contributed by atoms with Crippen molar-refractivity contribution in [1.82, 2.24) is 19.8 Å². The molecule has 0 aromatic carbocycles. The summed E-state index contributed by atoms with van der Waals surface area (Å²) in [6.45, 7) is 7.32. The number of rotatable bonds is 1. The molecule has 1 unspecified atom stereocenters. The van der Waals surface area contributed by atoms with Gasteiger partial charge in [-0.05, 0) is 27.2 Å². The van der Waals surface area contributed by atoms with Crippen LogP contribution in [0.2, 0.25) is 0 Å². The first-order valence-corrected chi connectivity index (χ1v) is 8.96. The van der Waals surface area contributed by atoms with E-state index in [1.807, 2.05) is 25.5 Å². The standard InChI is InChI=1S/C18H24N4O4/c1-18(2,3)26-17(24)21-5-4-14-13(8-21)16-15-12(10-25-20-15)6-11(9-23)7-22(16)19-14/h10-11,23H,4-9H2,1-3H3. The van der Waals surface area contributed by atoms with Crippen LogP contribution in [0, 0.1) is 5.92 Å². The monoisotopic (exact) mass is 360 g/mol. The molecule has 4 heterocycles. The molecule has 8 heteroatoms. The summed E-state index contributed by atoms with van der Waals surface area (Å²) in [6.07, 6.45) is 2.70. The zero-order valence-corrected chi connectivity index (χ0v) is 15.4. The topological polar surface area (TPSA) is 93.6 Å². The van der Waals surface area contributed by atoms with Crippen molar-refractivity contribution in [3.63, 3.8) is 0 Å². The van der Waals surface area contributed by atoms with Crippen LogP contribution in [0.4, 0.5) is 4.79 Å². The van der Waals surface area contributed by atoms with Crippen molar-refractivity contribution >= 4 is 6.09 Å². The van der Waals surface area contributed by atoms with E-state index in [-0.39, 0.29) is 18.6 Å². The van der Waals surface area contributed by atoms with E-state index in [4.69, 9.17) is 14.4 Å². The maximum atomic E-state index is 12.5. The van der Waals surface area contributed by atoms with E-state index < -0.39 is 5.60 Å². The lowest BCUT2D eigenvalue weighted by Crippen LogP contribution is -2.39. The first-order valence-electron chi connectivity index (χ1n) is 8.96. The van der Waals surface area contributed by atoms with Crippen LogP contribution in [-0.4, -0.2) is 49.8 Å². The maximum Gasteiger partial charge on any atom is 0.410 e. The molecular formula is C18H24N4O4. The van der Waals surface area contributed by atoms with Gasteiger partial charge >= 0.3 is 6.09 Å². The van der Waals surface area contributed by atoms with Gasteiger partial charge in [-0.1, -0.05) is 5.16 Å². The second kappa shape index (κ2) is 6.12. The van der Waals surface area contributed by atoms with E-state index in [2.05, 4.69) is 5.16 Å². The minimum absolute atomic E-state index is 0.0673. The molecule has 0 spiro atoms. The SMILES string of the molecule is CC(C)(C)OC(=O)N1CCc2nn3c(c2C1)-c1nocc1CC(CO)C3. The molecule has 1 atom stereocenters. The van der Waals surface area contributed by atoms with Gasteiger partial charge in [-0.2, -0.15) is 5.10 Å². The van der Waals surface area contributed by atoms with Crippen LogP contribution in [-0.2, 0) is 30.7 Å². The van der Waals surface area contributed by atoms with Crippen LogP contribution >= 0.6 is 0 Å². The summed E-state index contributed by atoms with van der Waals surface area (Å²) in [5.74, 6) is 0.0673. The summed E-state index contributed by atoms with van der Waals surface area (Å²) in [6, 6.07) is 0. The molecule has 0 radical (unpaired) electrons. The first-order chi connectivity index (χ1) is 12.4. The highest BCUT2D eigenvalue weighted by atomic mass is 16.6. The third kappa shape index (κ3) is 2.98. The predicted molar refractivity (Wildman–Crippen MR) is 92.4 cm³/mol. The van der Waals surface area contributed by atoms with Crippen molar-refractivity contribution in [2.75, 3.05) is 13.2 Å². The van der Waals surface area contributed by atoms with E-state index in [9.17, 15) is 9.90 Å². The van der Waals surface area contributed by atoms with Gasteiger partial charge in [0, 0.05) is 43.2 Å². The Labute approximate surface area is 151 Å². The fourth-order valence-corrected chi connectivity index (χ4v) is 3.65. The summed E-state index contributed by atoms with van der Waals surface area (Å²) >= 11 is 0. The third-order valence-corrected chi connectivity index (χ3v) is 4.82. The van der Waals surface area contributed by atoms with Crippen LogP contribution < -0.4 is 0 Å². The highest BCUT2D eigenvalue weighted by Gasteiger charge is 2.34. The van der Waals surface area contributed by atoms with Gasteiger partial charge < -0.3 is 19.3 Å². The predicted octanol–water partition coefficient (Wildman–Crippen LogP) is 2.00. The molecule has 8 nitrogen and oxygen atoms in total. The number of carbonyl (C=O) groups is 1. The zero-order chi connectivity index (χ0) is 18.5. The Kier molecular flexibility index (Phi) is 4.02. The number of hydrogen-bond acceptors (Lipinski definition) is 6. The number of amides is 1. The van der Waals surface area contributed by atoms with E-state index in [1.165, 1.54) is 0 Å². The van der Waals surface area contributed by atoms with Crippen molar-refractivity contribution in [3.05, 3.63) is 23.1 Å². The molecule has 140 valence electrons. The fourth-order valence-electron chi connectivity index (χ4n) is 3.65. The second-order valence-electron chi connectivity index (χ2n) is 8.05. The average molecular weight is 360 g/mol.